The molecule has 12 nitrogen and oxygen atoms in total. The predicted molar refractivity (Wildman–Crippen MR) is 149 cm³/mol. The van der Waals surface area contributed by atoms with E-state index in [9.17, 15) is 19.2 Å². The van der Waals surface area contributed by atoms with Crippen molar-refractivity contribution < 1.29 is 9.21 Å². The van der Waals surface area contributed by atoms with E-state index in [1.54, 1.807) is 12.1 Å². The van der Waals surface area contributed by atoms with Gasteiger partial charge in [0.05, 0.1) is 23.8 Å². The maximum Gasteiger partial charge on any atom is 0.361 e. The Bertz CT molecular complexity index is 1670. The molecule has 0 saturated heterocycles. The summed E-state index contributed by atoms with van der Waals surface area (Å²) in [5, 5.41) is 15.9. The Balaban J connectivity index is 1.42. The number of carbonyl (C=O) groups excluding carboxylic acids is 1. The summed E-state index contributed by atoms with van der Waals surface area (Å²) < 4.78 is 7.62. The molecule has 3 heterocycles. The molecular formula is C24H23ClIN7O5. The average Bonchev–Trinajstić information content (AvgIpc) is 3.56. The standard InChI is InChI=1S/C24H23ClIN7O5/c1-24(2,3)21(14-6-7-15(26)38-14)28-18-17(19(34)20(18)35)27-13-5-4-12(25)11-10-32(22(36)16(11)13)8-9-33-23(37)29-30-31-33/h4-7,21,27-28H,8-10H2,1-3H3,(H,29,31,37)/t21-/m0/s1. The van der Waals surface area contributed by atoms with Gasteiger partial charge >= 0.3 is 5.69 Å². The van der Waals surface area contributed by atoms with Crippen LogP contribution in [0.1, 0.15) is 48.5 Å². The third-order valence-electron chi connectivity index (χ3n) is 6.42. The highest BCUT2D eigenvalue weighted by Crippen LogP contribution is 2.40. The molecule has 0 aliphatic carbocycles. The summed E-state index contributed by atoms with van der Waals surface area (Å²) in [5.74, 6) is 0.304. The van der Waals surface area contributed by atoms with Gasteiger partial charge < -0.3 is 20.0 Å². The lowest BCUT2D eigenvalue weighted by molar-refractivity contribution is 0.0771. The number of aromatic nitrogens is 4. The molecule has 0 spiro atoms. The second kappa shape index (κ2) is 9.69. The first-order valence-corrected chi connectivity index (χ1v) is 13.1. The van der Waals surface area contributed by atoms with E-state index in [0.717, 1.165) is 4.68 Å². The molecule has 3 N–H and O–H groups in total. The molecule has 38 heavy (non-hydrogen) atoms. The lowest BCUT2D eigenvalue weighted by Crippen LogP contribution is -2.39. The fourth-order valence-electron chi connectivity index (χ4n) is 4.43. The monoisotopic (exact) mass is 651 g/mol. The summed E-state index contributed by atoms with van der Waals surface area (Å²) in [7, 11) is 0. The third kappa shape index (κ3) is 4.64. The number of hydrogen-bond acceptors (Lipinski definition) is 9. The first kappa shape index (κ1) is 26.2. The van der Waals surface area contributed by atoms with Crippen LogP contribution in [0.25, 0.3) is 0 Å². The molecule has 1 atom stereocenters. The Morgan fingerprint density at radius 3 is 2.47 bits per heavy atom. The van der Waals surface area contributed by atoms with Gasteiger partial charge in [-0.25, -0.2) is 9.89 Å². The predicted octanol–water partition coefficient (Wildman–Crippen LogP) is 3.01. The van der Waals surface area contributed by atoms with Gasteiger partial charge in [-0.3, -0.25) is 14.4 Å². The Hall–Kier alpha value is -3.46. The van der Waals surface area contributed by atoms with Crippen molar-refractivity contribution >= 4 is 57.2 Å². The average molecular weight is 652 g/mol. The van der Waals surface area contributed by atoms with Crippen LogP contribution in [0, 0.1) is 9.18 Å². The summed E-state index contributed by atoms with van der Waals surface area (Å²) in [6.45, 7) is 6.52. The van der Waals surface area contributed by atoms with Gasteiger partial charge in [0.1, 0.15) is 17.1 Å². The normalized spacial score (nSPS) is 14.2. The maximum absolute atomic E-state index is 13.3. The molecule has 0 saturated carbocycles. The van der Waals surface area contributed by atoms with Crippen LogP contribution < -0.4 is 27.2 Å². The highest BCUT2D eigenvalue weighted by Gasteiger charge is 2.35. The summed E-state index contributed by atoms with van der Waals surface area (Å²) in [5.41, 5.74) is -0.754. The van der Waals surface area contributed by atoms with Crippen LogP contribution in [0.2, 0.25) is 5.02 Å². The van der Waals surface area contributed by atoms with Gasteiger partial charge in [0.25, 0.3) is 16.8 Å². The first-order valence-electron chi connectivity index (χ1n) is 11.7. The third-order valence-corrected chi connectivity index (χ3v) is 7.36. The van der Waals surface area contributed by atoms with Crippen molar-refractivity contribution in [1.82, 2.24) is 25.1 Å². The number of aromatic amines is 1. The highest BCUT2D eigenvalue weighted by atomic mass is 127. The summed E-state index contributed by atoms with van der Waals surface area (Å²) in [6.07, 6.45) is 0. The first-order chi connectivity index (χ1) is 18.0. The molecular weight excluding hydrogens is 629 g/mol. The number of tetrazole rings is 1. The van der Waals surface area contributed by atoms with Gasteiger partial charge in [0, 0.05) is 23.7 Å². The summed E-state index contributed by atoms with van der Waals surface area (Å²) in [6, 6.07) is 6.48. The van der Waals surface area contributed by atoms with Crippen molar-refractivity contribution in [3.8, 4) is 0 Å². The number of H-pyrrole nitrogens is 1. The molecule has 4 aromatic rings. The zero-order valence-corrected chi connectivity index (χ0v) is 23.5. The molecule has 1 aliphatic heterocycles. The van der Waals surface area contributed by atoms with Crippen LogP contribution in [0.15, 0.2) is 43.1 Å². The number of carbonyl (C=O) groups is 1. The second-order valence-corrected chi connectivity index (χ2v) is 11.5. The zero-order chi connectivity index (χ0) is 27.4. The fraction of sp³-hybridized carbons (Fsp3) is 0.333. The van der Waals surface area contributed by atoms with E-state index in [-0.39, 0.29) is 42.3 Å². The van der Waals surface area contributed by atoms with Crippen LogP contribution in [-0.2, 0) is 13.1 Å². The minimum atomic E-state index is -0.689. The minimum absolute atomic E-state index is 0.0652. The van der Waals surface area contributed by atoms with Crippen molar-refractivity contribution in [1.29, 1.82) is 0 Å². The summed E-state index contributed by atoms with van der Waals surface area (Å²) in [4.78, 5) is 51.8. The van der Waals surface area contributed by atoms with Gasteiger partial charge in [-0.15, -0.1) is 0 Å². The molecule has 0 fully saturated rings. The number of furan rings is 1. The van der Waals surface area contributed by atoms with Crippen LogP contribution >= 0.6 is 34.2 Å². The number of halogens is 2. The van der Waals surface area contributed by atoms with Crippen LogP contribution in [0.5, 0.6) is 0 Å². The van der Waals surface area contributed by atoms with Gasteiger partial charge in [0.15, 0.2) is 3.77 Å². The largest absolute Gasteiger partial charge is 0.453 e. The van der Waals surface area contributed by atoms with Crippen molar-refractivity contribution in [2.75, 3.05) is 17.2 Å². The number of amides is 1. The van der Waals surface area contributed by atoms with Gasteiger partial charge in [0.2, 0.25) is 0 Å². The number of nitrogens with one attached hydrogen (secondary N) is 3. The smallest absolute Gasteiger partial charge is 0.361 e. The topological polar surface area (TPSA) is 155 Å². The van der Waals surface area contributed by atoms with E-state index >= 15 is 0 Å². The van der Waals surface area contributed by atoms with E-state index in [1.807, 2.05) is 32.9 Å². The number of fused-ring (bicyclic) bond motifs is 1. The van der Waals surface area contributed by atoms with Crippen molar-refractivity contribution in [2.24, 2.45) is 5.41 Å². The van der Waals surface area contributed by atoms with E-state index in [1.165, 1.54) is 4.90 Å². The van der Waals surface area contributed by atoms with Gasteiger partial charge in [-0.2, -0.15) is 4.68 Å². The van der Waals surface area contributed by atoms with Crippen LogP contribution in [0.3, 0.4) is 0 Å². The number of hydrogen-bond donors (Lipinski definition) is 3. The fourth-order valence-corrected chi connectivity index (χ4v) is 5.08. The molecule has 0 unspecified atom stereocenters. The molecule has 5 rings (SSSR count). The molecule has 0 bridgehead atoms. The molecule has 1 amide bonds. The molecule has 1 aliphatic rings. The van der Waals surface area contributed by atoms with Gasteiger partial charge in [-0.05, 0) is 62.7 Å². The molecule has 14 heteroatoms. The van der Waals surface area contributed by atoms with Crippen molar-refractivity contribution in [2.45, 2.75) is 39.9 Å². The molecule has 0 radical (unpaired) electrons. The van der Waals surface area contributed by atoms with Gasteiger partial charge in [-0.1, -0.05) is 32.4 Å². The Morgan fingerprint density at radius 1 is 1.11 bits per heavy atom. The molecule has 2 aromatic heterocycles. The minimum Gasteiger partial charge on any atom is -0.453 e. The maximum atomic E-state index is 13.3. The number of benzene rings is 1. The SMILES string of the molecule is CC(C)(C)[C@@H](Nc1c(Nc2ccc(Cl)c3c2C(=O)N(CCn2nn[nH]c2=O)C3)c(=O)c1=O)c1ccc(I)o1. The molecule has 2 aromatic carbocycles. The number of nitrogens with zero attached hydrogens (tertiary/aromatic N) is 4. The van der Waals surface area contributed by atoms with E-state index in [2.05, 4.69) is 48.7 Å². The highest BCUT2D eigenvalue weighted by molar-refractivity contribution is 14.1. The lowest BCUT2D eigenvalue weighted by atomic mass is 9.85. The van der Waals surface area contributed by atoms with Crippen LogP contribution in [-0.4, -0.2) is 37.6 Å². The van der Waals surface area contributed by atoms with E-state index in [0.29, 0.717) is 31.4 Å². The second-order valence-electron chi connectivity index (χ2n) is 10.0. The van der Waals surface area contributed by atoms with Crippen molar-refractivity contribution in [3.63, 3.8) is 0 Å². The Morgan fingerprint density at radius 2 is 1.84 bits per heavy atom. The van der Waals surface area contributed by atoms with Crippen LogP contribution in [0.4, 0.5) is 17.1 Å². The molecule has 198 valence electrons. The zero-order valence-electron chi connectivity index (χ0n) is 20.6. The van der Waals surface area contributed by atoms with E-state index < -0.39 is 22.6 Å². The van der Waals surface area contributed by atoms with E-state index in [4.69, 9.17) is 16.0 Å². The van der Waals surface area contributed by atoms with Crippen molar-refractivity contribution in [3.05, 3.63) is 80.9 Å². The Labute approximate surface area is 234 Å². The quantitative estimate of drug-likeness (QED) is 0.193. The summed E-state index contributed by atoms with van der Waals surface area (Å²) >= 11 is 8.47. The number of anilines is 3. The lowest BCUT2D eigenvalue weighted by Gasteiger charge is -2.31. The number of rotatable bonds is 8. The Kier molecular flexibility index (Phi) is 6.67.